The average Bonchev–Trinajstić information content (AvgIpc) is 2.63. The molecule has 0 bridgehead atoms. The van der Waals surface area contributed by atoms with Gasteiger partial charge < -0.3 is 20.0 Å². The highest BCUT2D eigenvalue weighted by Crippen LogP contribution is 2.41. The number of carbonyl (C=O) groups is 3. The van der Waals surface area contributed by atoms with Crippen LogP contribution in [0.5, 0.6) is 5.75 Å². The SMILES string of the molecule is Cc1ccc(C(=O)N2CCC3(CCC(=O)N([C@@H](C)C(=O)O)C3)CC2)c(O)c1. The molecule has 2 aliphatic rings. The van der Waals surface area contributed by atoms with Gasteiger partial charge in [0.1, 0.15) is 11.8 Å². The molecule has 0 aliphatic carbocycles. The van der Waals surface area contributed by atoms with Crippen molar-refractivity contribution >= 4 is 17.8 Å². The van der Waals surface area contributed by atoms with E-state index in [0.717, 1.165) is 24.8 Å². The Labute approximate surface area is 158 Å². The molecule has 0 radical (unpaired) electrons. The molecule has 2 fully saturated rings. The smallest absolute Gasteiger partial charge is 0.326 e. The molecule has 7 heteroatoms. The molecule has 1 atom stereocenters. The van der Waals surface area contributed by atoms with Crippen LogP contribution in [0.1, 0.15) is 48.5 Å². The molecule has 146 valence electrons. The first-order valence-corrected chi connectivity index (χ1v) is 9.34. The number of carbonyl (C=O) groups excluding carboxylic acids is 2. The first-order valence-electron chi connectivity index (χ1n) is 9.34. The van der Waals surface area contributed by atoms with Crippen molar-refractivity contribution in [3.05, 3.63) is 29.3 Å². The molecule has 0 unspecified atom stereocenters. The Morgan fingerprint density at radius 3 is 2.44 bits per heavy atom. The number of piperidine rings is 2. The van der Waals surface area contributed by atoms with Crippen molar-refractivity contribution in [2.75, 3.05) is 19.6 Å². The predicted molar refractivity (Wildman–Crippen MR) is 98.5 cm³/mol. The number of likely N-dealkylation sites (tertiary alicyclic amines) is 2. The Bertz CT molecular complexity index is 768. The molecular formula is C20H26N2O5. The highest BCUT2D eigenvalue weighted by molar-refractivity contribution is 5.97. The fourth-order valence-corrected chi connectivity index (χ4v) is 4.12. The molecule has 1 aromatic rings. The van der Waals surface area contributed by atoms with Crippen LogP contribution in [0.3, 0.4) is 0 Å². The number of benzene rings is 1. The quantitative estimate of drug-likeness (QED) is 0.843. The molecule has 2 heterocycles. The molecule has 27 heavy (non-hydrogen) atoms. The summed E-state index contributed by atoms with van der Waals surface area (Å²) in [6.45, 7) is 4.90. The Hall–Kier alpha value is -2.57. The summed E-state index contributed by atoms with van der Waals surface area (Å²) in [5, 5.41) is 19.3. The molecule has 2 amide bonds. The summed E-state index contributed by atoms with van der Waals surface area (Å²) in [6, 6.07) is 4.19. The van der Waals surface area contributed by atoms with E-state index < -0.39 is 12.0 Å². The van der Waals surface area contributed by atoms with Crippen LogP contribution in [0, 0.1) is 12.3 Å². The Balaban J connectivity index is 1.68. The fourth-order valence-electron chi connectivity index (χ4n) is 4.12. The zero-order valence-electron chi connectivity index (χ0n) is 15.8. The number of aryl methyl sites for hydroxylation is 1. The highest BCUT2D eigenvalue weighted by atomic mass is 16.4. The lowest BCUT2D eigenvalue weighted by molar-refractivity contribution is -0.154. The maximum Gasteiger partial charge on any atom is 0.326 e. The summed E-state index contributed by atoms with van der Waals surface area (Å²) in [5.74, 6) is -1.31. The van der Waals surface area contributed by atoms with E-state index in [2.05, 4.69) is 0 Å². The largest absolute Gasteiger partial charge is 0.507 e. The minimum Gasteiger partial charge on any atom is -0.507 e. The predicted octanol–water partition coefficient (Wildman–Crippen LogP) is 2.02. The van der Waals surface area contributed by atoms with Crippen molar-refractivity contribution in [2.45, 2.75) is 45.6 Å². The van der Waals surface area contributed by atoms with Gasteiger partial charge in [-0.1, -0.05) is 6.07 Å². The second-order valence-corrected chi connectivity index (χ2v) is 7.85. The van der Waals surface area contributed by atoms with Crippen LogP contribution in [0.2, 0.25) is 0 Å². The van der Waals surface area contributed by atoms with Gasteiger partial charge in [0.05, 0.1) is 5.56 Å². The van der Waals surface area contributed by atoms with Gasteiger partial charge in [0.25, 0.3) is 5.91 Å². The van der Waals surface area contributed by atoms with Crippen molar-refractivity contribution in [3.8, 4) is 5.75 Å². The summed E-state index contributed by atoms with van der Waals surface area (Å²) in [6.07, 6.45) is 2.53. The van der Waals surface area contributed by atoms with Gasteiger partial charge in [-0.15, -0.1) is 0 Å². The third-order valence-electron chi connectivity index (χ3n) is 6.02. The normalized spacial score (nSPS) is 20.6. The third-order valence-corrected chi connectivity index (χ3v) is 6.02. The lowest BCUT2D eigenvalue weighted by Gasteiger charge is -2.48. The number of carboxylic acids is 1. The number of aliphatic carboxylic acids is 1. The van der Waals surface area contributed by atoms with Crippen LogP contribution >= 0.6 is 0 Å². The van der Waals surface area contributed by atoms with Gasteiger partial charge >= 0.3 is 5.97 Å². The van der Waals surface area contributed by atoms with E-state index in [1.54, 1.807) is 23.1 Å². The molecule has 2 N–H and O–H groups in total. The number of phenols is 1. The van der Waals surface area contributed by atoms with Crippen LogP contribution < -0.4 is 0 Å². The van der Waals surface area contributed by atoms with Crippen LogP contribution in [0.15, 0.2) is 18.2 Å². The first-order chi connectivity index (χ1) is 12.7. The lowest BCUT2D eigenvalue weighted by Crippen LogP contribution is -2.55. The first kappa shape index (κ1) is 19.2. The van der Waals surface area contributed by atoms with Crippen LogP contribution in [-0.4, -0.2) is 63.5 Å². The molecular weight excluding hydrogens is 348 g/mol. The minimum absolute atomic E-state index is 0.00925. The maximum absolute atomic E-state index is 12.7. The van der Waals surface area contributed by atoms with Gasteiger partial charge in [-0.2, -0.15) is 0 Å². The van der Waals surface area contributed by atoms with E-state index in [-0.39, 0.29) is 23.0 Å². The summed E-state index contributed by atoms with van der Waals surface area (Å²) < 4.78 is 0. The molecule has 0 aromatic heterocycles. The van der Waals surface area contributed by atoms with E-state index in [4.69, 9.17) is 0 Å². The number of hydrogen-bond acceptors (Lipinski definition) is 4. The number of aromatic hydroxyl groups is 1. The van der Waals surface area contributed by atoms with Gasteiger partial charge in [0, 0.05) is 26.1 Å². The standard InChI is InChI=1S/C20H26N2O5/c1-13-3-4-15(16(23)11-13)18(25)21-9-7-20(8-10-21)6-5-17(24)22(12-20)14(2)19(26)27/h3-4,11,14,23H,5-10,12H2,1-2H3,(H,26,27)/t14-/m0/s1. The van der Waals surface area contributed by atoms with Crippen LogP contribution in [0.4, 0.5) is 0 Å². The average molecular weight is 374 g/mol. The van der Waals surface area contributed by atoms with Crippen LogP contribution in [-0.2, 0) is 9.59 Å². The van der Waals surface area contributed by atoms with Gasteiger partial charge in [-0.3, -0.25) is 9.59 Å². The molecule has 0 saturated carbocycles. The number of rotatable bonds is 3. The molecule has 7 nitrogen and oxygen atoms in total. The topological polar surface area (TPSA) is 98.2 Å². The van der Waals surface area contributed by atoms with E-state index in [9.17, 15) is 24.6 Å². The number of amides is 2. The van der Waals surface area contributed by atoms with Gasteiger partial charge in [-0.05, 0) is 56.2 Å². The van der Waals surface area contributed by atoms with E-state index in [0.29, 0.717) is 31.6 Å². The van der Waals surface area contributed by atoms with E-state index >= 15 is 0 Å². The van der Waals surface area contributed by atoms with Crippen molar-refractivity contribution < 1.29 is 24.6 Å². The molecule has 1 aromatic carbocycles. The Morgan fingerprint density at radius 2 is 1.85 bits per heavy atom. The zero-order valence-corrected chi connectivity index (χ0v) is 15.8. The number of carboxylic acid groups (broad SMARTS) is 1. The maximum atomic E-state index is 12.7. The second-order valence-electron chi connectivity index (χ2n) is 7.85. The summed E-state index contributed by atoms with van der Waals surface area (Å²) >= 11 is 0. The summed E-state index contributed by atoms with van der Waals surface area (Å²) in [5.41, 5.74) is 1.06. The van der Waals surface area contributed by atoms with E-state index in [1.807, 2.05) is 6.92 Å². The monoisotopic (exact) mass is 374 g/mol. The molecule has 1 spiro atoms. The number of nitrogens with zero attached hydrogens (tertiary/aromatic N) is 2. The third kappa shape index (κ3) is 3.77. The zero-order chi connectivity index (χ0) is 19.8. The minimum atomic E-state index is -0.997. The highest BCUT2D eigenvalue weighted by Gasteiger charge is 2.44. The molecule has 2 aliphatic heterocycles. The Morgan fingerprint density at radius 1 is 1.19 bits per heavy atom. The van der Waals surface area contributed by atoms with Crippen molar-refractivity contribution in [2.24, 2.45) is 5.41 Å². The summed E-state index contributed by atoms with van der Waals surface area (Å²) in [7, 11) is 0. The number of hydrogen-bond donors (Lipinski definition) is 2. The Kier molecular flexibility index (Phi) is 5.13. The van der Waals surface area contributed by atoms with Crippen LogP contribution in [0.25, 0.3) is 0 Å². The van der Waals surface area contributed by atoms with Crippen molar-refractivity contribution in [1.82, 2.24) is 9.80 Å². The van der Waals surface area contributed by atoms with Gasteiger partial charge in [0.2, 0.25) is 5.91 Å². The van der Waals surface area contributed by atoms with Crippen molar-refractivity contribution in [3.63, 3.8) is 0 Å². The second kappa shape index (κ2) is 7.21. The molecule has 2 saturated heterocycles. The van der Waals surface area contributed by atoms with Gasteiger partial charge in [0.15, 0.2) is 0 Å². The lowest BCUT2D eigenvalue weighted by atomic mass is 9.72. The number of phenolic OH excluding ortho intramolecular Hbond substituents is 1. The fraction of sp³-hybridized carbons (Fsp3) is 0.550. The molecule has 3 rings (SSSR count). The van der Waals surface area contributed by atoms with Gasteiger partial charge in [-0.25, -0.2) is 4.79 Å². The van der Waals surface area contributed by atoms with Crippen molar-refractivity contribution in [1.29, 1.82) is 0 Å². The summed E-state index contributed by atoms with van der Waals surface area (Å²) in [4.78, 5) is 39.4. The van der Waals surface area contributed by atoms with E-state index in [1.165, 1.54) is 11.8 Å².